The fourth-order valence-electron chi connectivity index (χ4n) is 2.57. The van der Waals surface area contributed by atoms with Gasteiger partial charge in [0.1, 0.15) is 0 Å². The van der Waals surface area contributed by atoms with Gasteiger partial charge in [0.2, 0.25) is 0 Å². The number of rotatable bonds is 5. The van der Waals surface area contributed by atoms with Crippen LogP contribution in [-0.2, 0) is 4.74 Å². The van der Waals surface area contributed by atoms with Crippen LogP contribution in [0.2, 0.25) is 10.0 Å². The Balaban J connectivity index is 1.54. The average molecular weight is 378 g/mol. The molecular formula is C18H13Cl2NO4. The Morgan fingerprint density at radius 2 is 1.60 bits per heavy atom. The van der Waals surface area contributed by atoms with E-state index in [1.807, 2.05) is 0 Å². The molecule has 0 fully saturated rings. The zero-order valence-electron chi connectivity index (χ0n) is 13.0. The van der Waals surface area contributed by atoms with Crippen molar-refractivity contribution in [2.24, 2.45) is 0 Å². The van der Waals surface area contributed by atoms with Gasteiger partial charge < -0.3 is 4.74 Å². The molecule has 2 aromatic carbocycles. The normalized spacial score (nSPS) is 13.1. The van der Waals surface area contributed by atoms with Crippen LogP contribution in [0.4, 0.5) is 0 Å². The molecule has 0 saturated heterocycles. The topological polar surface area (TPSA) is 63.7 Å². The summed E-state index contributed by atoms with van der Waals surface area (Å²) in [6.45, 7) is 0.220. The van der Waals surface area contributed by atoms with Crippen LogP contribution in [0.25, 0.3) is 0 Å². The van der Waals surface area contributed by atoms with E-state index < -0.39 is 5.97 Å². The highest BCUT2D eigenvalue weighted by atomic mass is 35.5. The summed E-state index contributed by atoms with van der Waals surface area (Å²) >= 11 is 11.8. The minimum absolute atomic E-state index is 0.0507. The second-order valence-corrected chi connectivity index (χ2v) is 6.18. The Labute approximate surface area is 154 Å². The number of hydrogen-bond donors (Lipinski definition) is 0. The standard InChI is InChI=1S/C18H13Cl2NO4/c19-14-8-3-7-13(15(14)20)18(24)25-10-4-9-21-16(22)11-5-1-2-6-12(11)17(21)23/h1-3,5-8H,4,9-10H2. The largest absolute Gasteiger partial charge is 0.462 e. The first kappa shape index (κ1) is 17.5. The lowest BCUT2D eigenvalue weighted by Crippen LogP contribution is -2.31. The third-order valence-corrected chi connectivity index (χ3v) is 4.63. The van der Waals surface area contributed by atoms with E-state index in [0.717, 1.165) is 4.90 Å². The molecule has 0 radical (unpaired) electrons. The lowest BCUT2D eigenvalue weighted by molar-refractivity contribution is 0.0482. The molecular weight excluding hydrogens is 365 g/mol. The summed E-state index contributed by atoms with van der Waals surface area (Å²) in [5.41, 5.74) is 0.973. The van der Waals surface area contributed by atoms with Gasteiger partial charge in [-0.15, -0.1) is 0 Å². The highest BCUT2D eigenvalue weighted by Crippen LogP contribution is 2.26. The molecule has 3 rings (SSSR count). The Morgan fingerprint density at radius 1 is 0.960 bits per heavy atom. The number of hydrogen-bond acceptors (Lipinski definition) is 4. The molecule has 0 aliphatic carbocycles. The van der Waals surface area contributed by atoms with Gasteiger partial charge in [-0.3, -0.25) is 14.5 Å². The number of carbonyl (C=O) groups is 3. The van der Waals surface area contributed by atoms with Gasteiger partial charge in [0.05, 0.1) is 33.3 Å². The van der Waals surface area contributed by atoms with Crippen LogP contribution in [0.15, 0.2) is 42.5 Å². The summed E-state index contributed by atoms with van der Waals surface area (Å²) in [5, 5.41) is 0.400. The van der Waals surface area contributed by atoms with Crippen LogP contribution in [0, 0.1) is 0 Å². The number of imide groups is 1. The van der Waals surface area contributed by atoms with E-state index in [2.05, 4.69) is 0 Å². The van der Waals surface area contributed by atoms with E-state index >= 15 is 0 Å². The van der Waals surface area contributed by atoms with Gasteiger partial charge in [-0.1, -0.05) is 41.4 Å². The van der Waals surface area contributed by atoms with Crippen LogP contribution in [-0.4, -0.2) is 35.8 Å². The predicted molar refractivity (Wildman–Crippen MR) is 93.2 cm³/mol. The molecule has 0 spiro atoms. The molecule has 2 aromatic rings. The Hall–Kier alpha value is -2.37. The first-order valence-electron chi connectivity index (χ1n) is 7.57. The maximum absolute atomic E-state index is 12.2. The molecule has 0 unspecified atom stereocenters. The van der Waals surface area contributed by atoms with Gasteiger partial charge >= 0.3 is 5.97 Å². The molecule has 7 heteroatoms. The fraction of sp³-hybridized carbons (Fsp3) is 0.167. The van der Waals surface area contributed by atoms with Gasteiger partial charge in [0.15, 0.2) is 0 Å². The summed E-state index contributed by atoms with van der Waals surface area (Å²) < 4.78 is 5.14. The number of esters is 1. The van der Waals surface area contributed by atoms with Crippen molar-refractivity contribution in [2.75, 3.05) is 13.2 Å². The lowest BCUT2D eigenvalue weighted by atomic mass is 10.1. The van der Waals surface area contributed by atoms with Gasteiger partial charge in [-0.2, -0.15) is 0 Å². The monoisotopic (exact) mass is 377 g/mol. The molecule has 128 valence electrons. The molecule has 25 heavy (non-hydrogen) atoms. The van der Waals surface area contributed by atoms with E-state index in [0.29, 0.717) is 17.5 Å². The second kappa shape index (κ2) is 7.25. The SMILES string of the molecule is O=C(OCCCN1C(=O)c2ccccc2C1=O)c1cccc(Cl)c1Cl. The molecule has 1 aliphatic rings. The molecule has 5 nitrogen and oxygen atoms in total. The third kappa shape index (κ3) is 3.38. The van der Waals surface area contributed by atoms with Gasteiger partial charge in [-0.25, -0.2) is 4.79 Å². The van der Waals surface area contributed by atoms with E-state index in [9.17, 15) is 14.4 Å². The van der Waals surface area contributed by atoms with Crippen LogP contribution in [0.1, 0.15) is 37.5 Å². The quantitative estimate of drug-likeness (QED) is 0.451. The molecule has 0 aromatic heterocycles. The minimum Gasteiger partial charge on any atom is -0.462 e. The fourth-order valence-corrected chi connectivity index (χ4v) is 2.95. The third-order valence-electron chi connectivity index (χ3n) is 3.81. The highest BCUT2D eigenvalue weighted by molar-refractivity contribution is 6.43. The van der Waals surface area contributed by atoms with E-state index in [1.54, 1.807) is 36.4 Å². The predicted octanol–water partition coefficient (Wildman–Crippen LogP) is 3.84. The number of ether oxygens (including phenoxy) is 1. The number of carbonyl (C=O) groups excluding carboxylic acids is 3. The maximum atomic E-state index is 12.2. The zero-order valence-corrected chi connectivity index (χ0v) is 14.5. The smallest absolute Gasteiger partial charge is 0.339 e. The number of nitrogens with zero attached hydrogens (tertiary/aromatic N) is 1. The van der Waals surface area contributed by atoms with Gasteiger partial charge in [0, 0.05) is 6.54 Å². The average Bonchev–Trinajstić information content (AvgIpc) is 2.86. The van der Waals surface area contributed by atoms with Crippen LogP contribution in [0.3, 0.4) is 0 Å². The summed E-state index contributed by atoms with van der Waals surface area (Å²) in [5.74, 6) is -1.26. The summed E-state index contributed by atoms with van der Waals surface area (Å²) in [4.78, 5) is 37.6. The van der Waals surface area contributed by atoms with Crippen molar-refractivity contribution in [1.82, 2.24) is 4.90 Å². The first-order valence-corrected chi connectivity index (χ1v) is 8.32. The van der Waals surface area contributed by atoms with Crippen LogP contribution >= 0.6 is 23.2 Å². The van der Waals surface area contributed by atoms with E-state index in [4.69, 9.17) is 27.9 Å². The maximum Gasteiger partial charge on any atom is 0.339 e. The molecule has 1 aliphatic heterocycles. The molecule has 2 amide bonds. The minimum atomic E-state index is -0.602. The Morgan fingerprint density at radius 3 is 2.24 bits per heavy atom. The summed E-state index contributed by atoms with van der Waals surface area (Å²) in [7, 11) is 0. The number of halogens is 2. The van der Waals surface area contributed by atoms with Crippen LogP contribution in [0.5, 0.6) is 0 Å². The molecule has 0 atom stereocenters. The van der Waals surface area contributed by atoms with E-state index in [-0.39, 0.29) is 40.6 Å². The molecule has 0 bridgehead atoms. The van der Waals surface area contributed by atoms with Crippen molar-refractivity contribution < 1.29 is 19.1 Å². The number of benzene rings is 2. The van der Waals surface area contributed by atoms with Crippen molar-refractivity contribution in [3.05, 3.63) is 69.2 Å². The molecule has 0 N–H and O–H groups in total. The molecule has 0 saturated carbocycles. The Kier molecular flexibility index (Phi) is 5.06. The molecule has 1 heterocycles. The van der Waals surface area contributed by atoms with Crippen molar-refractivity contribution in [1.29, 1.82) is 0 Å². The van der Waals surface area contributed by atoms with Gasteiger partial charge in [-0.05, 0) is 30.7 Å². The van der Waals surface area contributed by atoms with Crippen molar-refractivity contribution in [3.8, 4) is 0 Å². The Bertz CT molecular complexity index is 831. The van der Waals surface area contributed by atoms with E-state index in [1.165, 1.54) is 6.07 Å². The van der Waals surface area contributed by atoms with Crippen molar-refractivity contribution >= 4 is 41.0 Å². The zero-order chi connectivity index (χ0) is 18.0. The number of fused-ring (bicyclic) bond motifs is 1. The van der Waals surface area contributed by atoms with Crippen molar-refractivity contribution in [3.63, 3.8) is 0 Å². The van der Waals surface area contributed by atoms with Crippen molar-refractivity contribution in [2.45, 2.75) is 6.42 Å². The second-order valence-electron chi connectivity index (χ2n) is 5.40. The van der Waals surface area contributed by atoms with Crippen LogP contribution < -0.4 is 0 Å². The summed E-state index contributed by atoms with van der Waals surface area (Å²) in [6, 6.07) is 11.4. The lowest BCUT2D eigenvalue weighted by Gasteiger charge is -2.13. The first-order chi connectivity index (χ1) is 12.0. The highest BCUT2D eigenvalue weighted by Gasteiger charge is 2.34. The number of amides is 2. The van der Waals surface area contributed by atoms with Gasteiger partial charge in [0.25, 0.3) is 11.8 Å². The summed E-state index contributed by atoms with van der Waals surface area (Å²) in [6.07, 6.45) is 0.329.